The monoisotopic (exact) mass is 318 g/mol. The summed E-state index contributed by atoms with van der Waals surface area (Å²) in [7, 11) is 1.73. The van der Waals surface area contributed by atoms with Gasteiger partial charge in [0, 0.05) is 10.1 Å². The van der Waals surface area contributed by atoms with Gasteiger partial charge in [0.15, 0.2) is 0 Å². The Bertz CT molecular complexity index is 462. The van der Waals surface area contributed by atoms with Crippen molar-refractivity contribution in [2.24, 2.45) is 0 Å². The van der Waals surface area contributed by atoms with Crippen LogP contribution in [0.5, 0.6) is 5.75 Å². The topological polar surface area (TPSA) is 9.23 Å². The molecular formula is C11H11IOS. The number of hydrogen-bond acceptors (Lipinski definition) is 2. The van der Waals surface area contributed by atoms with Crippen molar-refractivity contribution < 1.29 is 4.74 Å². The number of fused-ring (bicyclic) bond motifs is 1. The first kappa shape index (κ1) is 10.2. The molecule has 0 spiro atoms. The van der Waals surface area contributed by atoms with E-state index in [4.69, 9.17) is 4.74 Å². The third kappa shape index (κ3) is 1.52. The van der Waals surface area contributed by atoms with Gasteiger partial charge in [-0.25, -0.2) is 0 Å². The Morgan fingerprint density at radius 1 is 1.43 bits per heavy atom. The number of methoxy groups -OCH3 is 1. The van der Waals surface area contributed by atoms with Crippen LogP contribution in [0, 0.1) is 2.88 Å². The summed E-state index contributed by atoms with van der Waals surface area (Å²) in [4.78, 5) is 0. The standard InChI is InChI=1S/C11H11IOS/c1-3-7-10-8(13-2)5-4-6-9(10)14-11(7)12/h4-6H,3H2,1-2H3. The average Bonchev–Trinajstić information content (AvgIpc) is 2.52. The van der Waals surface area contributed by atoms with Crippen molar-refractivity contribution in [2.75, 3.05) is 7.11 Å². The van der Waals surface area contributed by atoms with E-state index in [2.05, 4.69) is 35.6 Å². The Morgan fingerprint density at radius 3 is 2.86 bits per heavy atom. The number of aryl methyl sites for hydroxylation is 1. The molecule has 1 aromatic heterocycles. The molecule has 1 aromatic carbocycles. The summed E-state index contributed by atoms with van der Waals surface area (Å²) >= 11 is 4.25. The molecule has 0 N–H and O–H groups in total. The van der Waals surface area contributed by atoms with Gasteiger partial charge in [-0.2, -0.15) is 0 Å². The largest absolute Gasteiger partial charge is 0.496 e. The molecule has 14 heavy (non-hydrogen) atoms. The molecule has 0 unspecified atom stereocenters. The summed E-state index contributed by atoms with van der Waals surface area (Å²) in [5.41, 5.74) is 1.42. The van der Waals surface area contributed by atoms with E-state index in [9.17, 15) is 0 Å². The van der Waals surface area contributed by atoms with E-state index in [1.54, 1.807) is 7.11 Å². The summed E-state index contributed by atoms with van der Waals surface area (Å²) in [6.45, 7) is 2.19. The lowest BCUT2D eigenvalue weighted by Gasteiger charge is -2.03. The van der Waals surface area contributed by atoms with E-state index >= 15 is 0 Å². The molecule has 1 nitrogen and oxygen atoms in total. The van der Waals surface area contributed by atoms with Crippen LogP contribution in [-0.4, -0.2) is 7.11 Å². The fourth-order valence-corrected chi connectivity index (χ4v) is 4.03. The van der Waals surface area contributed by atoms with Gasteiger partial charge in [-0.1, -0.05) is 13.0 Å². The van der Waals surface area contributed by atoms with E-state index in [-0.39, 0.29) is 0 Å². The molecule has 0 radical (unpaired) electrons. The van der Waals surface area contributed by atoms with Crippen LogP contribution >= 0.6 is 33.9 Å². The van der Waals surface area contributed by atoms with Crippen molar-refractivity contribution in [3.63, 3.8) is 0 Å². The van der Waals surface area contributed by atoms with Gasteiger partial charge in [-0.15, -0.1) is 11.3 Å². The normalized spacial score (nSPS) is 10.8. The van der Waals surface area contributed by atoms with Gasteiger partial charge in [-0.3, -0.25) is 0 Å². The van der Waals surface area contributed by atoms with Gasteiger partial charge in [0.1, 0.15) is 5.75 Å². The lowest BCUT2D eigenvalue weighted by atomic mass is 10.1. The van der Waals surface area contributed by atoms with Crippen LogP contribution in [0.3, 0.4) is 0 Å². The maximum atomic E-state index is 5.39. The zero-order valence-electron chi connectivity index (χ0n) is 8.13. The minimum absolute atomic E-state index is 0.999. The Balaban J connectivity index is 2.82. The molecule has 0 saturated carbocycles. The molecule has 0 fully saturated rings. The van der Waals surface area contributed by atoms with E-state index in [1.807, 2.05) is 23.5 Å². The van der Waals surface area contributed by atoms with Crippen LogP contribution in [0.1, 0.15) is 12.5 Å². The maximum Gasteiger partial charge on any atom is 0.127 e. The van der Waals surface area contributed by atoms with Crippen LogP contribution in [0.15, 0.2) is 18.2 Å². The first-order chi connectivity index (χ1) is 6.77. The van der Waals surface area contributed by atoms with Gasteiger partial charge in [0.25, 0.3) is 0 Å². The Hall–Kier alpha value is -0.290. The number of benzene rings is 1. The molecule has 0 amide bonds. The van der Waals surface area contributed by atoms with E-state index in [0.29, 0.717) is 0 Å². The second kappa shape index (κ2) is 4.06. The van der Waals surface area contributed by atoms with E-state index in [1.165, 1.54) is 18.5 Å². The van der Waals surface area contributed by atoms with Crippen molar-refractivity contribution in [3.8, 4) is 5.75 Å². The number of rotatable bonds is 2. The van der Waals surface area contributed by atoms with E-state index < -0.39 is 0 Å². The number of ether oxygens (including phenoxy) is 1. The highest BCUT2D eigenvalue weighted by Gasteiger charge is 2.11. The number of thiophene rings is 1. The third-order valence-corrected chi connectivity index (χ3v) is 4.60. The van der Waals surface area contributed by atoms with Crippen molar-refractivity contribution in [1.82, 2.24) is 0 Å². The fourth-order valence-electron chi connectivity index (χ4n) is 1.64. The van der Waals surface area contributed by atoms with Crippen molar-refractivity contribution in [3.05, 3.63) is 26.6 Å². The van der Waals surface area contributed by atoms with Crippen LogP contribution in [0.2, 0.25) is 0 Å². The summed E-state index contributed by atoms with van der Waals surface area (Å²) in [5, 5.41) is 1.30. The molecule has 0 aliphatic carbocycles. The first-order valence-corrected chi connectivity index (χ1v) is 6.41. The van der Waals surface area contributed by atoms with Gasteiger partial charge < -0.3 is 4.74 Å². The highest BCUT2D eigenvalue weighted by molar-refractivity contribution is 14.1. The number of hydrogen-bond donors (Lipinski definition) is 0. The Labute approximate surface area is 101 Å². The van der Waals surface area contributed by atoms with Gasteiger partial charge in [-0.05, 0) is 46.7 Å². The predicted octanol–water partition coefficient (Wildman–Crippen LogP) is 4.08. The molecule has 1 heterocycles. The van der Waals surface area contributed by atoms with Crippen molar-refractivity contribution in [2.45, 2.75) is 13.3 Å². The molecule has 74 valence electrons. The molecule has 0 aliphatic heterocycles. The molecule has 2 rings (SSSR count). The molecule has 0 atom stereocenters. The SMILES string of the molecule is CCc1c(I)sc2cccc(OC)c12. The van der Waals surface area contributed by atoms with Crippen LogP contribution in [-0.2, 0) is 6.42 Å². The summed E-state index contributed by atoms with van der Waals surface area (Å²) < 4.78 is 8.09. The van der Waals surface area contributed by atoms with Crippen molar-refractivity contribution >= 4 is 44.0 Å². The predicted molar refractivity (Wildman–Crippen MR) is 70.5 cm³/mol. The highest BCUT2D eigenvalue weighted by atomic mass is 127. The third-order valence-electron chi connectivity index (χ3n) is 2.30. The smallest absolute Gasteiger partial charge is 0.127 e. The Kier molecular flexibility index (Phi) is 2.97. The van der Waals surface area contributed by atoms with Gasteiger partial charge in [0.2, 0.25) is 0 Å². The average molecular weight is 318 g/mol. The molecule has 0 saturated heterocycles. The molecule has 2 aromatic rings. The zero-order valence-corrected chi connectivity index (χ0v) is 11.1. The minimum atomic E-state index is 0.999. The van der Waals surface area contributed by atoms with Crippen LogP contribution in [0.4, 0.5) is 0 Å². The van der Waals surface area contributed by atoms with Crippen LogP contribution in [0.25, 0.3) is 10.1 Å². The summed E-state index contributed by atoms with van der Waals surface area (Å²) in [6, 6.07) is 6.24. The lowest BCUT2D eigenvalue weighted by molar-refractivity contribution is 0.419. The summed E-state index contributed by atoms with van der Waals surface area (Å²) in [6.07, 6.45) is 1.07. The zero-order chi connectivity index (χ0) is 10.1. The van der Waals surface area contributed by atoms with Crippen molar-refractivity contribution in [1.29, 1.82) is 0 Å². The molecule has 0 aliphatic rings. The second-order valence-corrected chi connectivity index (χ2v) is 5.90. The second-order valence-electron chi connectivity index (χ2n) is 3.04. The quantitative estimate of drug-likeness (QED) is 0.758. The lowest BCUT2D eigenvalue weighted by Crippen LogP contribution is -1.86. The fraction of sp³-hybridized carbons (Fsp3) is 0.273. The van der Waals surface area contributed by atoms with Gasteiger partial charge >= 0.3 is 0 Å². The van der Waals surface area contributed by atoms with Crippen LogP contribution < -0.4 is 4.74 Å². The van der Waals surface area contributed by atoms with Gasteiger partial charge in [0.05, 0.1) is 9.99 Å². The minimum Gasteiger partial charge on any atom is -0.496 e. The molecular weight excluding hydrogens is 307 g/mol. The molecule has 0 bridgehead atoms. The maximum absolute atomic E-state index is 5.39. The summed E-state index contributed by atoms with van der Waals surface area (Å²) in [5.74, 6) is 0.999. The molecule has 3 heteroatoms. The number of halogens is 1. The highest BCUT2D eigenvalue weighted by Crippen LogP contribution is 2.38. The first-order valence-electron chi connectivity index (χ1n) is 4.51. The van der Waals surface area contributed by atoms with E-state index in [0.717, 1.165) is 12.2 Å². The Morgan fingerprint density at radius 2 is 2.21 bits per heavy atom.